The number of phosphoric acid groups is 2. The molecule has 4 aromatic rings. The zero-order valence-corrected chi connectivity index (χ0v) is 28.9. The summed E-state index contributed by atoms with van der Waals surface area (Å²) in [5, 5.41) is 3.79. The Hall–Kier alpha value is -3.89. The van der Waals surface area contributed by atoms with Gasteiger partial charge in [0.1, 0.15) is 18.1 Å². The van der Waals surface area contributed by atoms with Crippen molar-refractivity contribution in [2.24, 2.45) is 5.90 Å². The largest absolute Gasteiger partial charge is 0.536 e. The summed E-state index contributed by atoms with van der Waals surface area (Å²) in [5.41, 5.74) is 1.68. The number of carbonyl (C=O) groups is 2. The smallest absolute Gasteiger partial charge is 0.493 e. The van der Waals surface area contributed by atoms with Crippen molar-refractivity contribution < 1.29 is 60.9 Å². The SMILES string of the molecule is COc1cc2cc(C(=O)N3C[C@@H](CCl)c4c3cc(OP(=O)(O)OP(=O)(O)OCCNC(=O)CON)c3ccccc43)[nH]c2c(OC)c1OC. The number of phosphoric ester groups is 2. The number of halogens is 1. The van der Waals surface area contributed by atoms with Gasteiger partial charge in [0.05, 0.1) is 39.1 Å². The molecule has 49 heavy (non-hydrogen) atoms. The lowest BCUT2D eigenvalue weighted by Gasteiger charge is -2.21. The third-order valence-corrected chi connectivity index (χ3v) is 10.5. The normalized spacial score (nSPS) is 16.6. The third kappa shape index (κ3) is 7.65. The number of alkyl halides is 1. The molecule has 1 aliphatic rings. The van der Waals surface area contributed by atoms with Gasteiger partial charge in [-0.25, -0.2) is 15.0 Å². The van der Waals surface area contributed by atoms with Crippen LogP contribution in [0.5, 0.6) is 23.0 Å². The minimum Gasteiger partial charge on any atom is -0.493 e. The lowest BCUT2D eigenvalue weighted by atomic mass is 9.95. The van der Waals surface area contributed by atoms with Crippen LogP contribution in [-0.2, 0) is 27.6 Å². The molecular weight excluding hydrogens is 710 g/mol. The summed E-state index contributed by atoms with van der Waals surface area (Å²) in [4.78, 5) is 54.9. The molecule has 3 atom stereocenters. The van der Waals surface area contributed by atoms with Gasteiger partial charge in [0.15, 0.2) is 11.5 Å². The van der Waals surface area contributed by atoms with Crippen molar-refractivity contribution in [3.05, 3.63) is 53.7 Å². The quantitative estimate of drug-likeness (QED) is 0.0503. The molecule has 1 aliphatic heterocycles. The number of hydrogen-bond acceptors (Lipinski definition) is 12. The number of aromatic amines is 1. The van der Waals surface area contributed by atoms with Crippen LogP contribution in [0.15, 0.2) is 42.5 Å². The van der Waals surface area contributed by atoms with E-state index in [4.69, 9.17) is 36.2 Å². The molecular formula is C29H33ClN4O13P2. The number of nitrogens with one attached hydrogen (secondary N) is 2. The highest BCUT2D eigenvalue weighted by molar-refractivity contribution is 7.61. The molecule has 20 heteroatoms. The van der Waals surface area contributed by atoms with Crippen LogP contribution < -0.4 is 34.8 Å². The molecule has 0 radical (unpaired) electrons. The van der Waals surface area contributed by atoms with Gasteiger partial charge < -0.3 is 38.8 Å². The summed E-state index contributed by atoms with van der Waals surface area (Å²) >= 11 is 6.39. The fourth-order valence-corrected chi connectivity index (χ4v) is 7.92. The average molecular weight is 743 g/mol. The van der Waals surface area contributed by atoms with Gasteiger partial charge in [-0.2, -0.15) is 4.31 Å². The van der Waals surface area contributed by atoms with Gasteiger partial charge in [-0.05, 0) is 23.1 Å². The van der Waals surface area contributed by atoms with E-state index >= 15 is 0 Å². The molecule has 5 rings (SSSR count). The number of methoxy groups -OCH3 is 3. The van der Waals surface area contributed by atoms with Gasteiger partial charge in [0, 0.05) is 41.7 Å². The molecule has 2 amide bonds. The van der Waals surface area contributed by atoms with Gasteiger partial charge in [-0.1, -0.05) is 24.3 Å². The predicted octanol–water partition coefficient (Wildman–Crippen LogP) is 3.95. The Morgan fingerprint density at radius 1 is 1.02 bits per heavy atom. The average Bonchev–Trinajstić information content (AvgIpc) is 3.66. The highest BCUT2D eigenvalue weighted by Gasteiger charge is 2.40. The first kappa shape index (κ1) is 36.4. The first-order chi connectivity index (χ1) is 23.4. The van der Waals surface area contributed by atoms with Crippen LogP contribution in [-0.4, -0.2) is 80.1 Å². The van der Waals surface area contributed by atoms with E-state index in [1.165, 1.54) is 32.3 Å². The van der Waals surface area contributed by atoms with Crippen molar-refractivity contribution in [1.29, 1.82) is 0 Å². The van der Waals surface area contributed by atoms with Crippen LogP contribution in [0.2, 0.25) is 0 Å². The van der Waals surface area contributed by atoms with Gasteiger partial charge in [0.25, 0.3) is 5.91 Å². The molecule has 0 aliphatic carbocycles. The first-order valence-corrected chi connectivity index (χ1v) is 17.9. The molecule has 1 aromatic heterocycles. The van der Waals surface area contributed by atoms with Crippen molar-refractivity contribution >= 4 is 66.4 Å². The molecule has 6 N–H and O–H groups in total. The van der Waals surface area contributed by atoms with Crippen molar-refractivity contribution in [3.8, 4) is 23.0 Å². The number of rotatable bonds is 15. The highest BCUT2D eigenvalue weighted by atomic mass is 35.5. The minimum atomic E-state index is -5.35. The second-order valence-corrected chi connectivity index (χ2v) is 13.8. The number of ether oxygens (including phenoxy) is 3. The second kappa shape index (κ2) is 14.9. The lowest BCUT2D eigenvalue weighted by Crippen LogP contribution is -2.31. The van der Waals surface area contributed by atoms with Gasteiger partial charge in [0.2, 0.25) is 11.7 Å². The maximum atomic E-state index is 14.1. The number of hydrogen-bond donors (Lipinski definition) is 5. The molecule has 0 saturated carbocycles. The van der Waals surface area contributed by atoms with Crippen LogP contribution in [0.4, 0.5) is 5.69 Å². The monoisotopic (exact) mass is 742 g/mol. The Morgan fingerprint density at radius 2 is 1.73 bits per heavy atom. The molecule has 0 spiro atoms. The summed E-state index contributed by atoms with van der Waals surface area (Å²) in [6.45, 7) is -1.14. The van der Waals surface area contributed by atoms with Gasteiger partial charge >= 0.3 is 15.6 Å². The number of amides is 2. The van der Waals surface area contributed by atoms with Crippen LogP contribution in [0.1, 0.15) is 22.0 Å². The molecule has 2 unspecified atom stereocenters. The van der Waals surface area contributed by atoms with Crippen LogP contribution in [0.3, 0.4) is 0 Å². The van der Waals surface area contributed by atoms with Crippen molar-refractivity contribution in [2.45, 2.75) is 5.92 Å². The van der Waals surface area contributed by atoms with E-state index in [9.17, 15) is 28.5 Å². The Bertz CT molecular complexity index is 1990. The molecule has 2 heterocycles. The number of nitrogens with zero attached hydrogens (tertiary/aromatic N) is 1. The number of fused-ring (bicyclic) bond motifs is 4. The van der Waals surface area contributed by atoms with Gasteiger partial charge in [-0.15, -0.1) is 11.6 Å². The zero-order valence-electron chi connectivity index (χ0n) is 26.3. The van der Waals surface area contributed by atoms with E-state index in [1.807, 2.05) is 0 Å². The molecule has 0 bridgehead atoms. The van der Waals surface area contributed by atoms with Crippen molar-refractivity contribution in [3.63, 3.8) is 0 Å². The molecule has 0 fully saturated rings. The van der Waals surface area contributed by atoms with Crippen LogP contribution in [0.25, 0.3) is 21.7 Å². The minimum absolute atomic E-state index is 0.141. The summed E-state index contributed by atoms with van der Waals surface area (Å²) in [6, 6.07) is 11.4. The Kier molecular flexibility index (Phi) is 11.1. The number of carbonyl (C=O) groups excluding carboxylic acids is 2. The number of benzene rings is 3. The van der Waals surface area contributed by atoms with Crippen LogP contribution in [0, 0.1) is 0 Å². The maximum absolute atomic E-state index is 14.1. The number of nitrogens with two attached hydrogens (primary N) is 1. The Morgan fingerprint density at radius 3 is 2.39 bits per heavy atom. The lowest BCUT2D eigenvalue weighted by molar-refractivity contribution is -0.125. The van der Waals surface area contributed by atoms with E-state index in [0.717, 1.165) is 0 Å². The van der Waals surface area contributed by atoms with E-state index in [-0.39, 0.29) is 36.3 Å². The second-order valence-electron chi connectivity index (χ2n) is 10.5. The summed E-state index contributed by atoms with van der Waals surface area (Å²) in [7, 11) is -6.13. The molecule has 264 valence electrons. The van der Waals surface area contributed by atoms with Crippen molar-refractivity contribution in [2.75, 3.05) is 58.4 Å². The van der Waals surface area contributed by atoms with Crippen LogP contribution >= 0.6 is 27.2 Å². The predicted molar refractivity (Wildman–Crippen MR) is 178 cm³/mol. The molecule has 17 nitrogen and oxygen atoms in total. The van der Waals surface area contributed by atoms with E-state index in [0.29, 0.717) is 50.2 Å². The summed E-state index contributed by atoms with van der Waals surface area (Å²) < 4.78 is 56.5. The van der Waals surface area contributed by atoms with E-state index in [1.54, 1.807) is 36.4 Å². The number of anilines is 1. The van der Waals surface area contributed by atoms with Crippen molar-refractivity contribution in [1.82, 2.24) is 10.3 Å². The first-order valence-electron chi connectivity index (χ1n) is 14.4. The van der Waals surface area contributed by atoms with E-state index in [2.05, 4.69) is 24.0 Å². The third-order valence-electron chi connectivity index (χ3n) is 7.52. The Balaban J connectivity index is 1.47. The molecule has 0 saturated heterocycles. The molecule has 3 aromatic carbocycles. The fraction of sp³-hybridized carbons (Fsp3) is 0.310. The standard InChI is InChI=1S/C29H33ClN4O13P2/c1-41-23-11-16-10-20(33-26(16)28(43-3)27(23)42-2)29(36)34-14-17(13-30)25-19-7-5-4-6-18(19)22(12-21(25)34)46-49(39,40)47-48(37,38)45-9-8-32-24(35)15-44-31/h4-7,10-12,17,33H,8-9,13-15,31H2,1-3H3,(H,32,35)(H,37,38)(H,39,40)/t17-/m1/s1. The fourth-order valence-electron chi connectivity index (χ4n) is 5.58. The number of aromatic nitrogens is 1. The summed E-state index contributed by atoms with van der Waals surface area (Å²) in [5.74, 6) is 4.33. The number of H-pyrrole nitrogens is 1. The van der Waals surface area contributed by atoms with E-state index < -0.39 is 40.7 Å². The van der Waals surface area contributed by atoms with Gasteiger partial charge in [-0.3, -0.25) is 23.8 Å². The highest BCUT2D eigenvalue weighted by Crippen LogP contribution is 2.61. The maximum Gasteiger partial charge on any atom is 0.536 e. The topological polar surface area (TPSA) is 230 Å². The zero-order chi connectivity index (χ0) is 35.5. The Labute approximate surface area is 284 Å². The summed E-state index contributed by atoms with van der Waals surface area (Å²) in [6.07, 6.45) is 0.